The Morgan fingerprint density at radius 3 is 2.75 bits per heavy atom. The molecule has 1 aromatic heterocycles. The average molecular weight is 180 g/mol. The Balaban J connectivity index is 2.11. The maximum Gasteiger partial charge on any atom is 0.0314 e. The Bertz CT molecular complexity index is 250. The molecule has 0 amide bonds. The molecule has 0 aromatic carbocycles. The Kier molecular flexibility index (Phi) is 2.33. The first-order valence-corrected chi connectivity index (χ1v) is 5.18. The summed E-state index contributed by atoms with van der Waals surface area (Å²) in [6.07, 6.45) is 4.80. The third-order valence-corrected chi connectivity index (χ3v) is 3.59. The van der Waals surface area contributed by atoms with E-state index in [2.05, 4.69) is 17.1 Å². The van der Waals surface area contributed by atoms with Gasteiger partial charge in [0.2, 0.25) is 0 Å². The van der Waals surface area contributed by atoms with E-state index in [4.69, 9.17) is 5.73 Å². The lowest BCUT2D eigenvalue weighted by molar-refractivity contribution is 0.699. The largest absolute Gasteiger partial charge is 0.327 e. The number of nitrogens with zero attached hydrogens (tertiary/aromatic N) is 1. The van der Waals surface area contributed by atoms with Gasteiger partial charge in [0.05, 0.1) is 0 Å². The van der Waals surface area contributed by atoms with E-state index in [0.717, 1.165) is 12.2 Å². The molecule has 0 bridgehead atoms. The first-order chi connectivity index (χ1) is 5.86. The monoisotopic (exact) mass is 180 g/mol. The van der Waals surface area contributed by atoms with Crippen molar-refractivity contribution in [2.24, 2.45) is 5.73 Å². The van der Waals surface area contributed by atoms with Crippen LogP contribution in [0.2, 0.25) is 0 Å². The van der Waals surface area contributed by atoms with Gasteiger partial charge in [0, 0.05) is 29.4 Å². The molecule has 2 heterocycles. The zero-order valence-corrected chi connectivity index (χ0v) is 7.63. The van der Waals surface area contributed by atoms with Crippen LogP contribution < -0.4 is 5.73 Å². The molecule has 2 nitrogen and oxygen atoms in total. The van der Waals surface area contributed by atoms with Crippen LogP contribution >= 0.6 is 11.8 Å². The Morgan fingerprint density at radius 1 is 1.42 bits per heavy atom. The van der Waals surface area contributed by atoms with Crippen molar-refractivity contribution in [3.63, 3.8) is 0 Å². The second kappa shape index (κ2) is 3.46. The fourth-order valence-electron chi connectivity index (χ4n) is 1.46. The molecular weight excluding hydrogens is 168 g/mol. The minimum Gasteiger partial charge on any atom is -0.327 e. The summed E-state index contributed by atoms with van der Waals surface area (Å²) < 4.78 is 0. The Morgan fingerprint density at radius 2 is 2.17 bits per heavy atom. The molecule has 1 fully saturated rings. The van der Waals surface area contributed by atoms with E-state index in [1.807, 2.05) is 24.2 Å². The fourth-order valence-corrected chi connectivity index (χ4v) is 2.81. The Hall–Kier alpha value is -0.540. The molecule has 2 unspecified atom stereocenters. The molecule has 12 heavy (non-hydrogen) atoms. The van der Waals surface area contributed by atoms with Crippen LogP contribution in [0.4, 0.5) is 0 Å². The summed E-state index contributed by atoms with van der Waals surface area (Å²) in [7, 11) is 0. The first-order valence-electron chi connectivity index (χ1n) is 4.13. The van der Waals surface area contributed by atoms with E-state index >= 15 is 0 Å². The predicted octanol–water partition coefficient (Wildman–Crippen LogP) is 1.59. The predicted molar refractivity (Wildman–Crippen MR) is 52.0 cm³/mol. The highest BCUT2D eigenvalue weighted by atomic mass is 32.2. The second-order valence-corrected chi connectivity index (χ2v) is 4.33. The smallest absolute Gasteiger partial charge is 0.0314 e. The maximum atomic E-state index is 5.83. The van der Waals surface area contributed by atoms with Gasteiger partial charge in [-0.25, -0.2) is 0 Å². The second-order valence-electron chi connectivity index (χ2n) is 3.10. The minimum atomic E-state index is 0.383. The molecule has 1 aliphatic heterocycles. The van der Waals surface area contributed by atoms with Gasteiger partial charge in [-0.1, -0.05) is 0 Å². The molecule has 1 saturated heterocycles. The molecule has 3 heteroatoms. The van der Waals surface area contributed by atoms with Crippen molar-refractivity contribution in [2.45, 2.75) is 17.7 Å². The van der Waals surface area contributed by atoms with E-state index in [9.17, 15) is 0 Å². The number of pyridine rings is 1. The summed E-state index contributed by atoms with van der Waals surface area (Å²) in [4.78, 5) is 4.00. The number of rotatable bonds is 1. The molecule has 1 aromatic rings. The van der Waals surface area contributed by atoms with Gasteiger partial charge in [0.15, 0.2) is 0 Å². The van der Waals surface area contributed by atoms with Gasteiger partial charge in [-0.05, 0) is 24.1 Å². The van der Waals surface area contributed by atoms with Crippen LogP contribution in [0.5, 0.6) is 0 Å². The molecule has 0 spiro atoms. The summed E-state index contributed by atoms with van der Waals surface area (Å²) in [6.45, 7) is 0. The van der Waals surface area contributed by atoms with Crippen molar-refractivity contribution in [3.8, 4) is 0 Å². The Labute approximate surface area is 76.6 Å². The van der Waals surface area contributed by atoms with E-state index in [1.54, 1.807) is 0 Å². The summed E-state index contributed by atoms with van der Waals surface area (Å²) >= 11 is 1.95. The summed E-state index contributed by atoms with van der Waals surface area (Å²) in [5.41, 5.74) is 7.19. The van der Waals surface area contributed by atoms with Crippen LogP contribution in [0.3, 0.4) is 0 Å². The highest BCUT2D eigenvalue weighted by Crippen LogP contribution is 2.38. The minimum absolute atomic E-state index is 0.383. The van der Waals surface area contributed by atoms with E-state index in [0.29, 0.717) is 11.3 Å². The lowest BCUT2D eigenvalue weighted by Gasteiger charge is -2.07. The van der Waals surface area contributed by atoms with Gasteiger partial charge in [0.25, 0.3) is 0 Å². The van der Waals surface area contributed by atoms with Gasteiger partial charge in [-0.15, -0.1) is 0 Å². The highest BCUT2D eigenvalue weighted by Gasteiger charge is 2.23. The normalized spacial score (nSPS) is 29.1. The summed E-state index contributed by atoms with van der Waals surface area (Å²) in [5.74, 6) is 1.09. The standard InChI is InChI=1S/C9H12N2S/c10-8-5-9(12-6-8)7-1-3-11-4-2-7/h1-4,8-9H,5-6,10H2. The number of hydrogen-bond donors (Lipinski definition) is 1. The van der Waals surface area contributed by atoms with E-state index in [-0.39, 0.29) is 0 Å². The third-order valence-electron chi connectivity index (χ3n) is 2.11. The van der Waals surface area contributed by atoms with Crippen molar-refractivity contribution in [2.75, 3.05) is 5.75 Å². The van der Waals surface area contributed by atoms with Crippen molar-refractivity contribution < 1.29 is 0 Å². The number of hydrogen-bond acceptors (Lipinski definition) is 3. The van der Waals surface area contributed by atoms with Gasteiger partial charge in [-0.3, -0.25) is 4.98 Å². The number of thioether (sulfide) groups is 1. The van der Waals surface area contributed by atoms with Crippen LogP contribution in [-0.4, -0.2) is 16.8 Å². The number of nitrogens with two attached hydrogens (primary N) is 1. The zero-order valence-electron chi connectivity index (χ0n) is 6.81. The molecule has 0 saturated carbocycles. The van der Waals surface area contributed by atoms with Crippen LogP contribution in [0, 0.1) is 0 Å². The fraction of sp³-hybridized carbons (Fsp3) is 0.444. The molecule has 2 N–H and O–H groups in total. The molecule has 2 rings (SSSR count). The maximum absolute atomic E-state index is 5.83. The quantitative estimate of drug-likeness (QED) is 0.713. The third kappa shape index (κ3) is 1.62. The van der Waals surface area contributed by atoms with Crippen LogP contribution in [0.15, 0.2) is 24.5 Å². The summed E-state index contributed by atoms with van der Waals surface area (Å²) in [6, 6.07) is 4.54. The lowest BCUT2D eigenvalue weighted by Crippen LogP contribution is -2.17. The molecular formula is C9H12N2S. The molecule has 2 atom stereocenters. The van der Waals surface area contributed by atoms with E-state index in [1.165, 1.54) is 5.56 Å². The van der Waals surface area contributed by atoms with E-state index < -0.39 is 0 Å². The SMILES string of the molecule is NC1CSC(c2ccncc2)C1. The van der Waals surface area contributed by atoms with Crippen LogP contribution in [-0.2, 0) is 0 Å². The van der Waals surface area contributed by atoms with Gasteiger partial charge in [0.1, 0.15) is 0 Å². The van der Waals surface area contributed by atoms with Crippen LogP contribution in [0.25, 0.3) is 0 Å². The molecule has 0 radical (unpaired) electrons. The summed E-state index contributed by atoms with van der Waals surface area (Å²) in [5, 5.41) is 0.600. The topological polar surface area (TPSA) is 38.9 Å². The van der Waals surface area contributed by atoms with Crippen molar-refractivity contribution in [1.29, 1.82) is 0 Å². The average Bonchev–Trinajstić information content (AvgIpc) is 2.54. The number of aromatic nitrogens is 1. The van der Waals surface area contributed by atoms with Gasteiger partial charge in [-0.2, -0.15) is 11.8 Å². The van der Waals surface area contributed by atoms with Crippen molar-refractivity contribution in [3.05, 3.63) is 30.1 Å². The van der Waals surface area contributed by atoms with Crippen molar-refractivity contribution >= 4 is 11.8 Å². The molecule has 64 valence electrons. The lowest BCUT2D eigenvalue weighted by atomic mass is 10.1. The molecule has 0 aliphatic carbocycles. The van der Waals surface area contributed by atoms with Crippen LogP contribution in [0.1, 0.15) is 17.2 Å². The highest BCUT2D eigenvalue weighted by molar-refractivity contribution is 7.99. The first kappa shape index (κ1) is 8.08. The molecule has 1 aliphatic rings. The van der Waals surface area contributed by atoms with Gasteiger partial charge >= 0.3 is 0 Å². The van der Waals surface area contributed by atoms with Crippen molar-refractivity contribution in [1.82, 2.24) is 4.98 Å². The van der Waals surface area contributed by atoms with Gasteiger partial charge < -0.3 is 5.73 Å². The zero-order chi connectivity index (χ0) is 8.39.